The van der Waals surface area contributed by atoms with Crippen molar-refractivity contribution in [3.8, 4) is 0 Å². The molecule has 0 radical (unpaired) electrons. The first-order valence-electron chi connectivity index (χ1n) is 7.56. The Morgan fingerprint density at radius 3 is 2.68 bits per heavy atom. The van der Waals surface area contributed by atoms with Gasteiger partial charge >= 0.3 is 0 Å². The van der Waals surface area contributed by atoms with Crippen LogP contribution in [0.15, 0.2) is 18.5 Å². The van der Waals surface area contributed by atoms with Crippen LogP contribution in [0.5, 0.6) is 0 Å². The molecule has 2 rings (SSSR count). The van der Waals surface area contributed by atoms with Crippen molar-refractivity contribution >= 4 is 21.7 Å². The molecule has 2 N–H and O–H groups in total. The van der Waals surface area contributed by atoms with Gasteiger partial charge in [-0.25, -0.2) is 18.4 Å². The van der Waals surface area contributed by atoms with Crippen LogP contribution < -0.4 is 10.6 Å². The maximum absolute atomic E-state index is 11.7. The molecule has 1 atom stereocenters. The summed E-state index contributed by atoms with van der Waals surface area (Å²) in [6.45, 7) is 0.770. The summed E-state index contributed by atoms with van der Waals surface area (Å²) in [5, 5.41) is 5.91. The second-order valence-electron chi connectivity index (χ2n) is 5.48. The fraction of sp³-hybridized carbons (Fsp3) is 0.643. The molecule has 0 unspecified atom stereocenters. The third-order valence-electron chi connectivity index (χ3n) is 3.53. The lowest BCUT2D eigenvalue weighted by Crippen LogP contribution is -2.35. The van der Waals surface area contributed by atoms with Crippen LogP contribution in [0.2, 0.25) is 0 Å². The van der Waals surface area contributed by atoms with Crippen molar-refractivity contribution in [2.24, 2.45) is 0 Å². The van der Waals surface area contributed by atoms with Crippen LogP contribution in [0.25, 0.3) is 0 Å². The minimum atomic E-state index is -2.93. The van der Waals surface area contributed by atoms with Crippen molar-refractivity contribution in [3.63, 3.8) is 0 Å². The van der Waals surface area contributed by atoms with Crippen molar-refractivity contribution in [2.75, 3.05) is 23.4 Å². The van der Waals surface area contributed by atoms with Gasteiger partial charge in [-0.15, -0.1) is 0 Å². The SMILES string of the molecule is O=C(CCCCCNc1ncccn1)N[C@H]1CCS(=O)(=O)C1. The molecule has 7 nitrogen and oxygen atoms in total. The number of amides is 1. The number of rotatable bonds is 8. The highest BCUT2D eigenvalue weighted by Gasteiger charge is 2.28. The highest BCUT2D eigenvalue weighted by molar-refractivity contribution is 7.91. The van der Waals surface area contributed by atoms with Gasteiger partial charge in [0.05, 0.1) is 11.5 Å². The third kappa shape index (κ3) is 5.97. The van der Waals surface area contributed by atoms with Gasteiger partial charge < -0.3 is 10.6 Å². The lowest BCUT2D eigenvalue weighted by atomic mass is 10.1. The van der Waals surface area contributed by atoms with Gasteiger partial charge in [0.15, 0.2) is 9.84 Å². The zero-order valence-corrected chi connectivity index (χ0v) is 13.3. The Bertz CT molecular complexity index is 577. The minimum absolute atomic E-state index is 0.0542. The standard InChI is InChI=1S/C14H22N4O3S/c19-13(18-12-6-10-22(20,21)11-12)5-2-1-3-7-15-14-16-8-4-9-17-14/h4,8-9,12H,1-3,5-7,10-11H2,(H,18,19)(H,15,16,17)/t12-/m0/s1. The van der Waals surface area contributed by atoms with E-state index >= 15 is 0 Å². The lowest BCUT2D eigenvalue weighted by Gasteiger charge is -2.10. The molecule has 1 aliphatic heterocycles. The Balaban J connectivity index is 1.51. The Hall–Kier alpha value is -1.70. The Labute approximate surface area is 130 Å². The smallest absolute Gasteiger partial charge is 0.222 e. The number of aromatic nitrogens is 2. The molecular weight excluding hydrogens is 304 g/mol. The summed E-state index contributed by atoms with van der Waals surface area (Å²) >= 11 is 0. The average Bonchev–Trinajstić information content (AvgIpc) is 2.82. The predicted molar refractivity (Wildman–Crippen MR) is 84.2 cm³/mol. The van der Waals surface area contributed by atoms with Crippen LogP contribution in [-0.4, -0.2) is 48.4 Å². The highest BCUT2D eigenvalue weighted by Crippen LogP contribution is 2.11. The van der Waals surface area contributed by atoms with Gasteiger partial charge in [-0.1, -0.05) is 6.42 Å². The van der Waals surface area contributed by atoms with Crippen molar-refractivity contribution < 1.29 is 13.2 Å². The van der Waals surface area contributed by atoms with Gasteiger partial charge in [0, 0.05) is 31.4 Å². The van der Waals surface area contributed by atoms with Crippen LogP contribution in [-0.2, 0) is 14.6 Å². The summed E-state index contributed by atoms with van der Waals surface area (Å²) in [6.07, 6.45) is 7.00. The molecule has 122 valence electrons. The monoisotopic (exact) mass is 326 g/mol. The number of nitrogens with zero attached hydrogens (tertiary/aromatic N) is 2. The average molecular weight is 326 g/mol. The van der Waals surface area contributed by atoms with Crippen molar-refractivity contribution in [2.45, 2.75) is 38.1 Å². The van der Waals surface area contributed by atoms with Gasteiger partial charge in [0.2, 0.25) is 11.9 Å². The second kappa shape index (κ2) is 8.07. The molecule has 2 heterocycles. The molecule has 1 amide bonds. The summed E-state index contributed by atoms with van der Waals surface area (Å²) in [7, 11) is -2.93. The van der Waals surface area contributed by atoms with Crippen molar-refractivity contribution in [3.05, 3.63) is 18.5 Å². The molecule has 1 aromatic heterocycles. The summed E-state index contributed by atoms with van der Waals surface area (Å²) < 4.78 is 22.6. The lowest BCUT2D eigenvalue weighted by molar-refractivity contribution is -0.121. The zero-order valence-electron chi connectivity index (χ0n) is 12.5. The van der Waals surface area contributed by atoms with E-state index in [1.165, 1.54) is 0 Å². The van der Waals surface area contributed by atoms with E-state index in [1.54, 1.807) is 18.5 Å². The summed E-state index contributed by atoms with van der Waals surface area (Å²) in [4.78, 5) is 19.8. The molecule has 1 fully saturated rings. The zero-order chi connectivity index (χ0) is 15.8. The fourth-order valence-electron chi connectivity index (χ4n) is 2.39. The normalized spacial score (nSPS) is 19.7. The quantitative estimate of drug-likeness (QED) is 0.684. The molecule has 8 heteroatoms. The molecule has 1 saturated heterocycles. The Kier molecular flexibility index (Phi) is 6.11. The molecule has 0 spiro atoms. The molecular formula is C14H22N4O3S. The molecule has 0 aliphatic carbocycles. The first-order chi connectivity index (χ1) is 10.6. The maximum atomic E-state index is 11.7. The largest absolute Gasteiger partial charge is 0.354 e. The van der Waals surface area contributed by atoms with E-state index in [0.717, 1.165) is 25.8 Å². The predicted octanol–water partition coefficient (Wildman–Crippen LogP) is 0.752. The summed E-state index contributed by atoms with van der Waals surface area (Å²) in [6, 6.07) is 1.56. The number of anilines is 1. The van der Waals surface area contributed by atoms with Crippen LogP contribution in [0.4, 0.5) is 5.95 Å². The van der Waals surface area contributed by atoms with Gasteiger partial charge in [0.1, 0.15) is 0 Å². The van der Waals surface area contributed by atoms with Crippen molar-refractivity contribution in [1.82, 2.24) is 15.3 Å². The van der Waals surface area contributed by atoms with E-state index in [4.69, 9.17) is 0 Å². The van der Waals surface area contributed by atoms with E-state index in [2.05, 4.69) is 20.6 Å². The molecule has 0 saturated carbocycles. The van der Waals surface area contributed by atoms with Gasteiger partial charge in [0.25, 0.3) is 0 Å². The molecule has 0 bridgehead atoms. The summed E-state index contributed by atoms with van der Waals surface area (Å²) in [5.74, 6) is 0.828. The fourth-order valence-corrected chi connectivity index (χ4v) is 4.06. The number of carbonyl (C=O) groups is 1. The maximum Gasteiger partial charge on any atom is 0.222 e. The van der Waals surface area contributed by atoms with E-state index in [1.807, 2.05) is 0 Å². The van der Waals surface area contributed by atoms with Crippen LogP contribution in [0.3, 0.4) is 0 Å². The number of unbranched alkanes of at least 4 members (excludes halogenated alkanes) is 2. The first-order valence-corrected chi connectivity index (χ1v) is 9.38. The van der Waals surface area contributed by atoms with E-state index < -0.39 is 9.84 Å². The van der Waals surface area contributed by atoms with E-state index in [-0.39, 0.29) is 23.5 Å². The van der Waals surface area contributed by atoms with Gasteiger partial charge in [-0.3, -0.25) is 4.79 Å². The van der Waals surface area contributed by atoms with Crippen LogP contribution >= 0.6 is 0 Å². The number of hydrogen-bond donors (Lipinski definition) is 2. The molecule has 22 heavy (non-hydrogen) atoms. The Morgan fingerprint density at radius 2 is 2.00 bits per heavy atom. The first kappa shape index (κ1) is 16.7. The highest BCUT2D eigenvalue weighted by atomic mass is 32.2. The summed E-state index contributed by atoms with van der Waals surface area (Å²) in [5.41, 5.74) is 0. The van der Waals surface area contributed by atoms with Crippen molar-refractivity contribution in [1.29, 1.82) is 0 Å². The Morgan fingerprint density at radius 1 is 1.23 bits per heavy atom. The topological polar surface area (TPSA) is 101 Å². The van der Waals surface area contributed by atoms with Gasteiger partial charge in [-0.2, -0.15) is 0 Å². The third-order valence-corrected chi connectivity index (χ3v) is 5.29. The number of carbonyl (C=O) groups excluding carboxylic acids is 1. The van der Waals surface area contributed by atoms with Crippen LogP contribution in [0, 0.1) is 0 Å². The van der Waals surface area contributed by atoms with Gasteiger partial charge in [-0.05, 0) is 25.3 Å². The number of nitrogens with one attached hydrogen (secondary N) is 2. The second-order valence-corrected chi connectivity index (χ2v) is 7.71. The minimum Gasteiger partial charge on any atom is -0.354 e. The van der Waals surface area contributed by atoms with E-state index in [0.29, 0.717) is 18.8 Å². The van der Waals surface area contributed by atoms with Crippen LogP contribution in [0.1, 0.15) is 32.1 Å². The van der Waals surface area contributed by atoms with E-state index in [9.17, 15) is 13.2 Å². The molecule has 0 aromatic carbocycles. The number of sulfone groups is 1. The molecule has 1 aliphatic rings. The molecule has 1 aromatic rings. The number of hydrogen-bond acceptors (Lipinski definition) is 6.